The zero-order chi connectivity index (χ0) is 35.8. The van der Waals surface area contributed by atoms with Crippen LogP contribution < -0.4 is 20.1 Å². The zero-order valence-corrected chi connectivity index (χ0v) is 29.1. The molecule has 15 heteroatoms. The average molecular weight is 722 g/mol. The first-order chi connectivity index (χ1) is 24.6. The van der Waals surface area contributed by atoms with E-state index in [9.17, 15) is 27.6 Å². The molecular weight excluding hydrogens is 678 g/mol. The first-order valence-corrected chi connectivity index (χ1v) is 19.2. The summed E-state index contributed by atoms with van der Waals surface area (Å²) in [6, 6.07) is 5.65. The molecular formula is C36H43N5O9S. The van der Waals surface area contributed by atoms with Gasteiger partial charge in [0.25, 0.3) is 5.91 Å². The molecule has 2 aromatic rings. The Morgan fingerprint density at radius 2 is 1.90 bits per heavy atom. The summed E-state index contributed by atoms with van der Waals surface area (Å²) in [4.78, 5) is 61.3. The second-order valence-electron chi connectivity index (χ2n) is 14.0. The first-order valence-electron chi connectivity index (χ1n) is 17.6. The summed E-state index contributed by atoms with van der Waals surface area (Å²) in [6.45, 7) is 4.73. The van der Waals surface area contributed by atoms with Crippen molar-refractivity contribution in [3.8, 4) is 5.88 Å². The Bertz CT molecular complexity index is 1860. The minimum Gasteiger partial charge on any atom is -0.472 e. The molecule has 5 atom stereocenters. The van der Waals surface area contributed by atoms with Gasteiger partial charge < -0.3 is 29.7 Å². The molecule has 4 fully saturated rings. The Balaban J connectivity index is 1.21. The van der Waals surface area contributed by atoms with Gasteiger partial charge in [0, 0.05) is 37.1 Å². The maximum absolute atomic E-state index is 14.6. The molecule has 4 amide bonds. The van der Waals surface area contributed by atoms with E-state index in [1.807, 2.05) is 36.4 Å². The summed E-state index contributed by atoms with van der Waals surface area (Å²) in [5.41, 5.74) is -0.613. The van der Waals surface area contributed by atoms with Crippen LogP contribution in [0.3, 0.4) is 0 Å². The van der Waals surface area contributed by atoms with Gasteiger partial charge in [-0.15, -0.1) is 6.58 Å². The Labute approximate surface area is 296 Å². The molecule has 4 heterocycles. The van der Waals surface area contributed by atoms with E-state index in [4.69, 9.17) is 14.2 Å². The molecule has 272 valence electrons. The standard InChI is InChI=1S/C36H43N5O9S/c1-2-25-20-36(25,34(44)40-51(46,47)27-9-10-27)39-31(42)29-19-26-21-41(29)33(43)30(24-12-16-48-17-13-24)38-35(45)49-15-5-3-4-6-22-7-8-23-11-14-37-32(50-26)28(23)18-22/h2,4,6-8,11,14,18,24-27,29-30H,1,3,5,9-10,12-13,15-17,19-21H2,(H,38,45)(H,39,42)(H,40,44)/b6-4+/t25-,26-,29+,30+,36-/m1/s1. The minimum absolute atomic E-state index is 0.00876. The molecule has 0 spiro atoms. The van der Waals surface area contributed by atoms with Gasteiger partial charge >= 0.3 is 6.09 Å². The fourth-order valence-electron chi connectivity index (χ4n) is 7.27. The van der Waals surface area contributed by atoms with E-state index in [0.29, 0.717) is 57.6 Å². The fourth-order valence-corrected chi connectivity index (χ4v) is 8.64. The van der Waals surface area contributed by atoms with Crippen LogP contribution in [0.1, 0.15) is 56.9 Å². The Kier molecular flexibility index (Phi) is 9.76. The quantitative estimate of drug-likeness (QED) is 0.360. The van der Waals surface area contributed by atoms with Crippen molar-refractivity contribution < 1.29 is 41.8 Å². The van der Waals surface area contributed by atoms with Gasteiger partial charge in [0.2, 0.25) is 27.7 Å². The SMILES string of the molecule is C=C[C@@H]1C[C@]1(NC(=O)[C@@H]1C[C@@H]2CN1C(=O)[C@H](C1CCOCC1)NC(=O)OCCC/C=C/c1ccc3ccnc(c3c1)O2)C(=O)NS(=O)(=O)C1CC1. The van der Waals surface area contributed by atoms with Gasteiger partial charge in [-0.3, -0.25) is 19.1 Å². The number of rotatable bonds is 7. The van der Waals surface area contributed by atoms with Crippen LogP contribution in [0.15, 0.2) is 49.2 Å². The number of nitrogens with one attached hydrogen (secondary N) is 3. The zero-order valence-electron chi connectivity index (χ0n) is 28.3. The number of carbonyl (C=O) groups excluding carboxylic acids is 4. The summed E-state index contributed by atoms with van der Waals surface area (Å²) < 4.78 is 45.0. The number of cyclic esters (lactones) is 1. The van der Waals surface area contributed by atoms with Gasteiger partial charge in [0.1, 0.15) is 23.7 Å². The van der Waals surface area contributed by atoms with E-state index in [1.165, 1.54) is 11.0 Å². The summed E-state index contributed by atoms with van der Waals surface area (Å²) >= 11 is 0. The van der Waals surface area contributed by atoms with Crippen molar-refractivity contribution in [1.29, 1.82) is 0 Å². The normalized spacial score (nSPS) is 29.5. The molecule has 3 N–H and O–H groups in total. The number of ether oxygens (including phenoxy) is 3. The van der Waals surface area contributed by atoms with Gasteiger partial charge in [-0.1, -0.05) is 30.4 Å². The molecule has 0 unspecified atom stereocenters. The number of hydrogen-bond acceptors (Lipinski definition) is 10. The number of benzene rings is 1. The molecule has 1 aromatic heterocycles. The molecule has 2 saturated carbocycles. The van der Waals surface area contributed by atoms with Gasteiger partial charge in [0.05, 0.1) is 18.4 Å². The van der Waals surface area contributed by atoms with Crippen LogP contribution in [0, 0.1) is 11.8 Å². The molecule has 2 aliphatic carbocycles. The molecule has 51 heavy (non-hydrogen) atoms. The highest BCUT2D eigenvalue weighted by atomic mass is 32.2. The molecule has 3 aliphatic heterocycles. The Hall–Kier alpha value is -4.50. The highest BCUT2D eigenvalue weighted by molar-refractivity contribution is 7.91. The lowest BCUT2D eigenvalue weighted by atomic mass is 9.90. The lowest BCUT2D eigenvalue weighted by molar-refractivity contribution is -0.142. The number of fused-ring (bicyclic) bond motifs is 3. The smallest absolute Gasteiger partial charge is 0.407 e. The van der Waals surface area contributed by atoms with E-state index in [2.05, 4.69) is 26.9 Å². The van der Waals surface area contributed by atoms with Crippen LogP contribution in [0.4, 0.5) is 4.79 Å². The van der Waals surface area contributed by atoms with E-state index in [0.717, 1.165) is 16.3 Å². The molecule has 0 radical (unpaired) electrons. The molecule has 14 nitrogen and oxygen atoms in total. The third-order valence-electron chi connectivity index (χ3n) is 10.5. The first kappa shape index (κ1) is 34.9. The number of amides is 4. The number of pyridine rings is 1. The second kappa shape index (κ2) is 14.3. The van der Waals surface area contributed by atoms with E-state index < -0.39 is 68.7 Å². The summed E-state index contributed by atoms with van der Waals surface area (Å²) in [5, 5.41) is 6.63. The lowest BCUT2D eigenvalue weighted by Gasteiger charge is -2.34. The van der Waals surface area contributed by atoms with Crippen molar-refractivity contribution >= 4 is 50.7 Å². The second-order valence-corrected chi connectivity index (χ2v) is 16.0. The third-order valence-corrected chi connectivity index (χ3v) is 12.3. The molecule has 7 rings (SSSR count). The topological polar surface area (TPSA) is 182 Å². The number of nitrogens with zero attached hydrogens (tertiary/aromatic N) is 2. The number of sulfonamides is 1. The molecule has 4 bridgehead atoms. The van der Waals surface area contributed by atoms with Crippen molar-refractivity contribution in [3.05, 3.63) is 54.8 Å². The highest BCUT2D eigenvalue weighted by Gasteiger charge is 2.62. The van der Waals surface area contributed by atoms with Crippen LogP contribution >= 0.6 is 0 Å². The number of hydrogen-bond donors (Lipinski definition) is 3. The maximum atomic E-state index is 14.6. The van der Waals surface area contributed by atoms with Gasteiger partial charge in [-0.2, -0.15) is 0 Å². The maximum Gasteiger partial charge on any atom is 0.407 e. The predicted molar refractivity (Wildman–Crippen MR) is 186 cm³/mol. The van der Waals surface area contributed by atoms with E-state index >= 15 is 0 Å². The van der Waals surface area contributed by atoms with E-state index in [-0.39, 0.29) is 31.9 Å². The van der Waals surface area contributed by atoms with Crippen LogP contribution in [0.2, 0.25) is 0 Å². The van der Waals surface area contributed by atoms with Crippen molar-refractivity contribution in [3.63, 3.8) is 0 Å². The summed E-state index contributed by atoms with van der Waals surface area (Å²) in [7, 11) is -3.89. The number of carbonyl (C=O) groups is 4. The number of alkyl carbamates (subject to hydrolysis) is 1. The van der Waals surface area contributed by atoms with Crippen LogP contribution in [-0.2, 0) is 33.9 Å². The Morgan fingerprint density at radius 3 is 2.65 bits per heavy atom. The van der Waals surface area contributed by atoms with Crippen LogP contribution in [0.25, 0.3) is 16.8 Å². The van der Waals surface area contributed by atoms with E-state index in [1.54, 1.807) is 6.20 Å². The largest absolute Gasteiger partial charge is 0.472 e. The third kappa shape index (κ3) is 7.45. The van der Waals surface area contributed by atoms with Crippen LogP contribution in [0.5, 0.6) is 5.88 Å². The number of aromatic nitrogens is 1. The van der Waals surface area contributed by atoms with Gasteiger partial charge in [-0.25, -0.2) is 18.2 Å². The number of allylic oxidation sites excluding steroid dienone is 1. The minimum atomic E-state index is -3.89. The molecule has 2 saturated heterocycles. The fraction of sp³-hybridized carbons (Fsp3) is 0.528. The van der Waals surface area contributed by atoms with Crippen molar-refractivity contribution in [2.24, 2.45) is 11.8 Å². The van der Waals surface area contributed by atoms with Crippen molar-refractivity contribution in [2.45, 2.75) is 80.3 Å². The average Bonchev–Trinajstić information content (AvgIpc) is 4.05. The predicted octanol–water partition coefficient (Wildman–Crippen LogP) is 2.58. The summed E-state index contributed by atoms with van der Waals surface area (Å²) in [5.74, 6) is -2.41. The van der Waals surface area contributed by atoms with Crippen molar-refractivity contribution in [2.75, 3.05) is 26.4 Å². The van der Waals surface area contributed by atoms with Gasteiger partial charge in [0.15, 0.2) is 0 Å². The van der Waals surface area contributed by atoms with Gasteiger partial charge in [-0.05, 0) is 73.9 Å². The van der Waals surface area contributed by atoms with Crippen molar-refractivity contribution in [1.82, 2.24) is 25.2 Å². The highest BCUT2D eigenvalue weighted by Crippen LogP contribution is 2.45. The molecule has 1 aromatic carbocycles. The Morgan fingerprint density at radius 1 is 1.10 bits per heavy atom. The molecule has 5 aliphatic rings. The monoisotopic (exact) mass is 721 g/mol. The lowest BCUT2D eigenvalue weighted by Crippen LogP contribution is -2.59. The summed E-state index contributed by atoms with van der Waals surface area (Å²) in [6.07, 6.45) is 9.10. The van der Waals surface area contributed by atoms with Crippen LogP contribution in [-0.4, -0.2) is 97.5 Å².